The summed E-state index contributed by atoms with van der Waals surface area (Å²) >= 11 is 0. The molecule has 0 amide bonds. The van der Waals surface area contributed by atoms with Crippen molar-refractivity contribution in [1.82, 2.24) is 15.1 Å². The third kappa shape index (κ3) is 3.89. The van der Waals surface area contributed by atoms with Crippen LogP contribution in [0.2, 0.25) is 0 Å². The third-order valence-electron chi connectivity index (χ3n) is 2.43. The van der Waals surface area contributed by atoms with Gasteiger partial charge in [-0.3, -0.25) is 4.68 Å². The van der Waals surface area contributed by atoms with Gasteiger partial charge in [0, 0.05) is 12.7 Å². The van der Waals surface area contributed by atoms with E-state index in [0.717, 1.165) is 18.5 Å². The molecular weight excluding hydrogens is 212 g/mol. The van der Waals surface area contributed by atoms with Crippen LogP contribution in [0.1, 0.15) is 25.8 Å². The molecule has 1 heterocycles. The lowest BCUT2D eigenvalue weighted by Crippen LogP contribution is -2.37. The SMILES string of the molecule is CCCNC(Cc1cnn(CC)c1)C(F)F. The molecule has 0 saturated heterocycles. The van der Waals surface area contributed by atoms with Crippen LogP contribution in [0.15, 0.2) is 12.4 Å². The number of hydrogen-bond acceptors (Lipinski definition) is 2. The Morgan fingerprint density at radius 1 is 1.44 bits per heavy atom. The smallest absolute Gasteiger partial charge is 0.254 e. The first-order valence-corrected chi connectivity index (χ1v) is 5.70. The summed E-state index contributed by atoms with van der Waals surface area (Å²) in [6, 6.07) is -0.769. The van der Waals surface area contributed by atoms with Crippen LogP contribution in [-0.4, -0.2) is 28.8 Å². The number of hydrogen-bond donors (Lipinski definition) is 1. The predicted octanol–water partition coefficient (Wildman–Crippen LogP) is 2.08. The Bertz CT molecular complexity index is 299. The van der Waals surface area contributed by atoms with Gasteiger partial charge in [-0.05, 0) is 31.9 Å². The molecule has 0 bridgehead atoms. The molecule has 0 saturated carbocycles. The zero-order valence-corrected chi connectivity index (χ0v) is 9.79. The van der Waals surface area contributed by atoms with Crippen molar-refractivity contribution in [3.8, 4) is 0 Å². The van der Waals surface area contributed by atoms with Gasteiger partial charge in [-0.25, -0.2) is 8.78 Å². The van der Waals surface area contributed by atoms with Crippen LogP contribution in [-0.2, 0) is 13.0 Å². The van der Waals surface area contributed by atoms with Gasteiger partial charge in [-0.15, -0.1) is 0 Å². The van der Waals surface area contributed by atoms with Crippen LogP contribution >= 0.6 is 0 Å². The van der Waals surface area contributed by atoms with E-state index in [1.807, 2.05) is 20.0 Å². The summed E-state index contributed by atoms with van der Waals surface area (Å²) in [7, 11) is 0. The average Bonchev–Trinajstić information content (AvgIpc) is 2.71. The summed E-state index contributed by atoms with van der Waals surface area (Å²) in [5, 5.41) is 6.93. The third-order valence-corrected chi connectivity index (χ3v) is 2.43. The summed E-state index contributed by atoms with van der Waals surface area (Å²) in [4.78, 5) is 0. The number of halogens is 2. The van der Waals surface area contributed by atoms with Crippen molar-refractivity contribution in [1.29, 1.82) is 0 Å². The van der Waals surface area contributed by atoms with Crippen molar-refractivity contribution >= 4 is 0 Å². The molecule has 1 atom stereocenters. The van der Waals surface area contributed by atoms with Crippen molar-refractivity contribution in [2.24, 2.45) is 0 Å². The fourth-order valence-electron chi connectivity index (χ4n) is 1.52. The predicted molar refractivity (Wildman–Crippen MR) is 59.7 cm³/mol. The topological polar surface area (TPSA) is 29.9 Å². The zero-order chi connectivity index (χ0) is 12.0. The lowest BCUT2D eigenvalue weighted by atomic mass is 10.1. The van der Waals surface area contributed by atoms with Gasteiger partial charge in [-0.1, -0.05) is 6.92 Å². The van der Waals surface area contributed by atoms with Crippen molar-refractivity contribution < 1.29 is 8.78 Å². The monoisotopic (exact) mass is 231 g/mol. The molecule has 0 spiro atoms. The van der Waals surface area contributed by atoms with E-state index in [4.69, 9.17) is 0 Å². The summed E-state index contributed by atoms with van der Waals surface area (Å²) < 4.78 is 27.2. The Kier molecular flexibility index (Phi) is 5.38. The minimum atomic E-state index is -2.34. The second kappa shape index (κ2) is 6.58. The minimum Gasteiger partial charge on any atom is -0.309 e. The first-order valence-electron chi connectivity index (χ1n) is 5.70. The fraction of sp³-hybridized carbons (Fsp3) is 0.727. The van der Waals surface area contributed by atoms with Crippen LogP contribution in [0, 0.1) is 0 Å². The van der Waals surface area contributed by atoms with E-state index in [1.54, 1.807) is 10.9 Å². The molecule has 0 radical (unpaired) electrons. The Balaban J connectivity index is 2.53. The first-order chi connectivity index (χ1) is 7.67. The van der Waals surface area contributed by atoms with Gasteiger partial charge in [0.25, 0.3) is 6.43 Å². The lowest BCUT2D eigenvalue weighted by molar-refractivity contribution is 0.0983. The summed E-state index contributed by atoms with van der Waals surface area (Å²) in [6.07, 6.45) is 2.33. The van der Waals surface area contributed by atoms with Gasteiger partial charge < -0.3 is 5.32 Å². The van der Waals surface area contributed by atoms with Crippen molar-refractivity contribution in [3.05, 3.63) is 18.0 Å². The standard InChI is InChI=1S/C11H19F2N3/c1-3-5-14-10(11(12)13)6-9-7-15-16(4-2)8-9/h7-8,10-11,14H,3-6H2,1-2H3. The highest BCUT2D eigenvalue weighted by molar-refractivity contribution is 5.06. The highest BCUT2D eigenvalue weighted by Gasteiger charge is 2.20. The second-order valence-electron chi connectivity index (χ2n) is 3.80. The maximum Gasteiger partial charge on any atom is 0.254 e. The number of nitrogens with zero attached hydrogens (tertiary/aromatic N) is 2. The van der Waals surface area contributed by atoms with Gasteiger partial charge >= 0.3 is 0 Å². The van der Waals surface area contributed by atoms with Gasteiger partial charge in [-0.2, -0.15) is 5.10 Å². The van der Waals surface area contributed by atoms with Gasteiger partial charge in [0.15, 0.2) is 0 Å². The second-order valence-corrected chi connectivity index (χ2v) is 3.80. The van der Waals surface area contributed by atoms with Crippen molar-refractivity contribution in [2.75, 3.05) is 6.54 Å². The molecule has 92 valence electrons. The number of alkyl halides is 2. The van der Waals surface area contributed by atoms with Crippen molar-refractivity contribution in [3.63, 3.8) is 0 Å². The van der Waals surface area contributed by atoms with Crippen LogP contribution in [0.5, 0.6) is 0 Å². The first kappa shape index (κ1) is 13.1. The number of rotatable bonds is 7. The zero-order valence-electron chi connectivity index (χ0n) is 9.79. The lowest BCUT2D eigenvalue weighted by Gasteiger charge is -2.16. The molecule has 1 aromatic heterocycles. The van der Waals surface area contributed by atoms with Gasteiger partial charge in [0.2, 0.25) is 0 Å². The van der Waals surface area contributed by atoms with E-state index in [9.17, 15) is 8.78 Å². The normalized spacial score (nSPS) is 13.3. The Morgan fingerprint density at radius 3 is 2.69 bits per heavy atom. The van der Waals surface area contributed by atoms with E-state index >= 15 is 0 Å². The van der Waals surface area contributed by atoms with Crippen LogP contribution < -0.4 is 5.32 Å². The quantitative estimate of drug-likeness (QED) is 0.778. The molecule has 5 heteroatoms. The maximum atomic E-state index is 12.7. The largest absolute Gasteiger partial charge is 0.309 e. The molecule has 0 aliphatic carbocycles. The molecule has 1 rings (SSSR count). The Morgan fingerprint density at radius 2 is 2.19 bits per heavy atom. The fourth-order valence-corrected chi connectivity index (χ4v) is 1.52. The average molecular weight is 231 g/mol. The Hall–Kier alpha value is -0.970. The summed E-state index contributed by atoms with van der Waals surface area (Å²) in [5.74, 6) is 0. The number of aromatic nitrogens is 2. The van der Waals surface area contributed by atoms with E-state index in [-0.39, 0.29) is 0 Å². The van der Waals surface area contributed by atoms with Crippen molar-refractivity contribution in [2.45, 2.75) is 45.7 Å². The molecule has 0 aliphatic rings. The molecule has 16 heavy (non-hydrogen) atoms. The maximum absolute atomic E-state index is 12.7. The number of aryl methyl sites for hydroxylation is 1. The highest BCUT2D eigenvalue weighted by atomic mass is 19.3. The summed E-state index contributed by atoms with van der Waals surface area (Å²) in [5.41, 5.74) is 0.857. The molecular formula is C11H19F2N3. The van der Waals surface area contributed by atoms with Gasteiger partial charge in [0.1, 0.15) is 0 Å². The van der Waals surface area contributed by atoms with E-state index in [0.29, 0.717) is 13.0 Å². The van der Waals surface area contributed by atoms with Crippen LogP contribution in [0.3, 0.4) is 0 Å². The molecule has 0 aromatic carbocycles. The molecule has 1 unspecified atom stereocenters. The molecule has 1 aromatic rings. The van der Waals surface area contributed by atoms with Crippen LogP contribution in [0.25, 0.3) is 0 Å². The molecule has 0 aliphatic heterocycles. The van der Waals surface area contributed by atoms with Gasteiger partial charge in [0.05, 0.1) is 12.2 Å². The van der Waals surface area contributed by atoms with E-state index in [1.165, 1.54) is 0 Å². The summed E-state index contributed by atoms with van der Waals surface area (Å²) in [6.45, 7) is 5.32. The molecule has 3 nitrogen and oxygen atoms in total. The van der Waals surface area contributed by atoms with E-state index < -0.39 is 12.5 Å². The minimum absolute atomic E-state index is 0.331. The van der Waals surface area contributed by atoms with Crippen LogP contribution in [0.4, 0.5) is 8.78 Å². The Labute approximate surface area is 94.8 Å². The number of nitrogens with one attached hydrogen (secondary N) is 1. The molecule has 0 fully saturated rings. The highest BCUT2D eigenvalue weighted by Crippen LogP contribution is 2.09. The van der Waals surface area contributed by atoms with E-state index in [2.05, 4.69) is 10.4 Å². The molecule has 1 N–H and O–H groups in total.